The minimum atomic E-state index is -1.00. The standard InChI is InChI=1S/C14H23BN2O3S/c1-3-4-5-6-15(2)7-9-8-21-13-10(16)12(18)17(13)11(9)14(19)20/h10,13H,3-8,16H2,1-2H3,(H,19,20)/t10-,13-/m1/s1. The number of hydrogen-bond donors (Lipinski definition) is 2. The monoisotopic (exact) mass is 310 g/mol. The number of β-lactam (4-membered cyclic amide) rings is 1. The second-order valence-electron chi connectivity index (χ2n) is 6.00. The Morgan fingerprint density at radius 2 is 2.24 bits per heavy atom. The highest BCUT2D eigenvalue weighted by Crippen LogP contribution is 2.40. The van der Waals surface area contributed by atoms with Crippen molar-refractivity contribution < 1.29 is 14.7 Å². The number of carbonyl (C=O) groups excluding carboxylic acids is 1. The number of amides is 1. The Morgan fingerprint density at radius 3 is 2.86 bits per heavy atom. The molecule has 2 aliphatic heterocycles. The van der Waals surface area contributed by atoms with Crippen molar-refractivity contribution in [3.8, 4) is 0 Å². The van der Waals surface area contributed by atoms with Gasteiger partial charge in [-0.2, -0.15) is 0 Å². The van der Waals surface area contributed by atoms with E-state index in [1.807, 2.05) is 0 Å². The highest BCUT2D eigenvalue weighted by Gasteiger charge is 2.51. The van der Waals surface area contributed by atoms with Gasteiger partial charge in [-0.15, -0.1) is 11.8 Å². The Hall–Kier alpha value is -0.945. The van der Waals surface area contributed by atoms with Gasteiger partial charge in [-0.1, -0.05) is 39.3 Å². The van der Waals surface area contributed by atoms with Crippen LogP contribution >= 0.6 is 11.8 Å². The third-order valence-corrected chi connectivity index (χ3v) is 5.55. The zero-order valence-electron chi connectivity index (χ0n) is 12.7. The topological polar surface area (TPSA) is 83.6 Å². The maximum Gasteiger partial charge on any atom is 0.352 e. The summed E-state index contributed by atoms with van der Waals surface area (Å²) in [6, 6.07) is -0.548. The summed E-state index contributed by atoms with van der Waals surface area (Å²) in [5.41, 5.74) is 6.81. The minimum absolute atomic E-state index is 0.188. The molecule has 2 heterocycles. The van der Waals surface area contributed by atoms with Gasteiger partial charge in [-0.05, 0) is 11.9 Å². The van der Waals surface area contributed by atoms with Crippen molar-refractivity contribution in [1.29, 1.82) is 0 Å². The molecule has 0 aromatic rings. The van der Waals surface area contributed by atoms with Crippen LogP contribution in [0.3, 0.4) is 0 Å². The van der Waals surface area contributed by atoms with E-state index in [4.69, 9.17) is 5.73 Å². The average Bonchev–Trinajstić information content (AvgIpc) is 2.45. The van der Waals surface area contributed by atoms with Gasteiger partial charge in [0, 0.05) is 5.75 Å². The molecule has 0 spiro atoms. The van der Waals surface area contributed by atoms with E-state index in [-0.39, 0.29) is 17.0 Å². The SMILES string of the molecule is CCCCCB(C)CC1=C(C(=O)O)N2C(=O)[C@@H](N)[C@H]2SC1. The number of nitrogens with zero attached hydrogens (tertiary/aromatic N) is 1. The van der Waals surface area contributed by atoms with Crippen LogP contribution in [-0.2, 0) is 9.59 Å². The van der Waals surface area contributed by atoms with Crippen LogP contribution in [0.25, 0.3) is 0 Å². The summed E-state index contributed by atoms with van der Waals surface area (Å²) in [6.45, 7) is 4.78. The molecule has 0 aliphatic carbocycles. The van der Waals surface area contributed by atoms with Gasteiger partial charge in [0.05, 0.1) is 0 Å². The highest BCUT2D eigenvalue weighted by molar-refractivity contribution is 8.00. The average molecular weight is 310 g/mol. The zero-order valence-corrected chi connectivity index (χ0v) is 13.5. The Kier molecular flexibility index (Phi) is 5.38. The first-order chi connectivity index (χ1) is 9.97. The third kappa shape index (κ3) is 3.29. The van der Waals surface area contributed by atoms with Crippen LogP contribution in [0.5, 0.6) is 0 Å². The van der Waals surface area contributed by atoms with Crippen molar-refractivity contribution >= 4 is 30.4 Å². The van der Waals surface area contributed by atoms with Crippen LogP contribution < -0.4 is 5.73 Å². The molecule has 2 rings (SSSR count). The molecule has 0 aromatic carbocycles. The van der Waals surface area contributed by atoms with E-state index in [9.17, 15) is 14.7 Å². The number of thioether (sulfide) groups is 1. The Labute approximate surface area is 130 Å². The molecule has 5 nitrogen and oxygen atoms in total. The third-order valence-electron chi connectivity index (χ3n) is 4.19. The molecule has 116 valence electrons. The van der Waals surface area contributed by atoms with Crippen molar-refractivity contribution in [1.82, 2.24) is 4.90 Å². The second-order valence-corrected chi connectivity index (χ2v) is 7.10. The lowest BCUT2D eigenvalue weighted by molar-refractivity contribution is -0.147. The van der Waals surface area contributed by atoms with Crippen LogP contribution in [0, 0.1) is 0 Å². The van der Waals surface area contributed by atoms with E-state index < -0.39 is 12.0 Å². The lowest BCUT2D eigenvalue weighted by atomic mass is 9.45. The van der Waals surface area contributed by atoms with Crippen LogP contribution in [0.2, 0.25) is 19.5 Å². The van der Waals surface area contributed by atoms with Gasteiger partial charge in [0.1, 0.15) is 23.8 Å². The number of hydrogen-bond acceptors (Lipinski definition) is 4. The molecular weight excluding hydrogens is 287 g/mol. The predicted molar refractivity (Wildman–Crippen MR) is 86.5 cm³/mol. The zero-order chi connectivity index (χ0) is 15.6. The maximum atomic E-state index is 11.8. The highest BCUT2D eigenvalue weighted by atomic mass is 32.2. The normalized spacial score (nSPS) is 24.7. The lowest BCUT2D eigenvalue weighted by Crippen LogP contribution is -2.68. The van der Waals surface area contributed by atoms with Crippen molar-refractivity contribution in [3.63, 3.8) is 0 Å². The second kappa shape index (κ2) is 6.88. The quantitative estimate of drug-likeness (QED) is 0.426. The molecule has 21 heavy (non-hydrogen) atoms. The van der Waals surface area contributed by atoms with Crippen molar-refractivity contribution in [2.24, 2.45) is 5.73 Å². The molecular formula is C14H23BN2O3S. The summed E-state index contributed by atoms with van der Waals surface area (Å²) in [5, 5.41) is 9.27. The fourth-order valence-corrected chi connectivity index (χ4v) is 4.31. The van der Waals surface area contributed by atoms with E-state index in [2.05, 4.69) is 13.7 Å². The number of aliphatic carboxylic acids is 1. The van der Waals surface area contributed by atoms with Gasteiger partial charge >= 0.3 is 5.97 Å². The van der Waals surface area contributed by atoms with E-state index in [1.54, 1.807) is 11.8 Å². The molecule has 1 fully saturated rings. The summed E-state index contributed by atoms with van der Waals surface area (Å²) in [5.74, 6) is -0.598. The minimum Gasteiger partial charge on any atom is -0.477 e. The van der Waals surface area contributed by atoms with Crippen LogP contribution in [-0.4, -0.2) is 45.8 Å². The number of carbonyl (C=O) groups is 2. The fourth-order valence-electron chi connectivity index (χ4n) is 3.00. The van der Waals surface area contributed by atoms with Gasteiger partial charge in [0.15, 0.2) is 0 Å². The first-order valence-electron chi connectivity index (χ1n) is 7.63. The summed E-state index contributed by atoms with van der Waals surface area (Å²) >= 11 is 1.58. The summed E-state index contributed by atoms with van der Waals surface area (Å²) in [7, 11) is 0. The number of carboxylic acid groups (broad SMARTS) is 1. The van der Waals surface area contributed by atoms with Crippen LogP contribution in [0.4, 0.5) is 0 Å². The van der Waals surface area contributed by atoms with Gasteiger partial charge in [-0.3, -0.25) is 9.69 Å². The number of unbranched alkanes of at least 4 members (excludes halogenated alkanes) is 2. The van der Waals surface area contributed by atoms with Crippen LogP contribution in [0.1, 0.15) is 26.2 Å². The Morgan fingerprint density at radius 1 is 1.52 bits per heavy atom. The molecule has 0 aromatic heterocycles. The summed E-state index contributed by atoms with van der Waals surface area (Å²) < 4.78 is 0. The molecule has 0 bridgehead atoms. The number of carboxylic acids is 1. The molecule has 2 atom stereocenters. The lowest BCUT2D eigenvalue weighted by Gasteiger charge is -2.48. The van der Waals surface area contributed by atoms with Crippen LogP contribution in [0.15, 0.2) is 11.3 Å². The Balaban J connectivity index is 2.08. The predicted octanol–water partition coefficient (Wildman–Crippen LogP) is 1.88. The fraction of sp³-hybridized carbons (Fsp3) is 0.714. The molecule has 0 saturated carbocycles. The molecule has 1 amide bonds. The van der Waals surface area contributed by atoms with E-state index in [0.717, 1.165) is 18.2 Å². The van der Waals surface area contributed by atoms with E-state index in [0.29, 0.717) is 12.5 Å². The largest absolute Gasteiger partial charge is 0.477 e. The molecule has 1 saturated heterocycles. The number of rotatable bonds is 7. The van der Waals surface area contributed by atoms with Gasteiger partial charge < -0.3 is 10.8 Å². The number of nitrogens with two attached hydrogens (primary N) is 1. The van der Waals surface area contributed by atoms with Crippen molar-refractivity contribution in [2.45, 2.75) is 57.1 Å². The van der Waals surface area contributed by atoms with E-state index >= 15 is 0 Å². The first-order valence-corrected chi connectivity index (χ1v) is 8.67. The van der Waals surface area contributed by atoms with E-state index in [1.165, 1.54) is 24.2 Å². The number of fused-ring (bicyclic) bond motifs is 1. The van der Waals surface area contributed by atoms with Crippen molar-refractivity contribution in [3.05, 3.63) is 11.3 Å². The molecule has 7 heteroatoms. The Bertz CT molecular complexity index is 469. The molecule has 2 aliphatic rings. The molecule has 0 radical (unpaired) electrons. The smallest absolute Gasteiger partial charge is 0.352 e. The molecule has 0 unspecified atom stereocenters. The van der Waals surface area contributed by atoms with Gasteiger partial charge in [0.25, 0.3) is 0 Å². The maximum absolute atomic E-state index is 11.8. The van der Waals surface area contributed by atoms with Gasteiger partial charge in [0.2, 0.25) is 5.91 Å². The summed E-state index contributed by atoms with van der Waals surface area (Å²) in [6.07, 6.45) is 5.44. The first kappa shape index (κ1) is 16.4. The van der Waals surface area contributed by atoms with Gasteiger partial charge in [-0.25, -0.2) is 4.79 Å². The van der Waals surface area contributed by atoms with Crippen molar-refractivity contribution in [2.75, 3.05) is 5.75 Å². The summed E-state index contributed by atoms with van der Waals surface area (Å²) in [4.78, 5) is 24.8. The molecule has 3 N–H and O–H groups in total.